The lowest BCUT2D eigenvalue weighted by Crippen LogP contribution is -2.35. The number of hydrogen-bond acceptors (Lipinski definition) is 3. The molecule has 72 valence electrons. The molecule has 3 heteroatoms. The van der Waals surface area contributed by atoms with Gasteiger partial charge < -0.3 is 9.84 Å². The van der Waals surface area contributed by atoms with Crippen LogP contribution in [0.15, 0.2) is 0 Å². The molecule has 0 spiro atoms. The van der Waals surface area contributed by atoms with Crippen molar-refractivity contribution >= 4 is 5.97 Å². The van der Waals surface area contributed by atoms with Crippen LogP contribution in [-0.2, 0) is 9.53 Å². The van der Waals surface area contributed by atoms with Gasteiger partial charge in [-0.05, 0) is 19.8 Å². The van der Waals surface area contributed by atoms with Crippen LogP contribution in [0.4, 0.5) is 0 Å². The second-order valence-electron chi connectivity index (χ2n) is 3.22. The zero-order valence-electron chi connectivity index (χ0n) is 8.09. The fraction of sp³-hybridized carbons (Fsp3) is 0.889. The molecular formula is C9H18O3. The molecule has 0 heterocycles. The monoisotopic (exact) mass is 174 g/mol. The third-order valence-corrected chi connectivity index (χ3v) is 1.89. The molecule has 0 aliphatic rings. The molecule has 0 amide bonds. The number of unbranched alkanes of at least 4 members (excludes halogenated alkanes) is 2. The molecule has 0 aliphatic carbocycles. The Hall–Kier alpha value is -0.570. The molecule has 0 aromatic rings. The molecular weight excluding hydrogens is 156 g/mol. The zero-order valence-corrected chi connectivity index (χ0v) is 8.09. The summed E-state index contributed by atoms with van der Waals surface area (Å²) >= 11 is 0. The summed E-state index contributed by atoms with van der Waals surface area (Å²) < 4.78 is 4.46. The summed E-state index contributed by atoms with van der Waals surface area (Å²) in [6.45, 7) is 3.57. The van der Waals surface area contributed by atoms with Crippen molar-refractivity contribution in [3.05, 3.63) is 0 Å². The summed E-state index contributed by atoms with van der Waals surface area (Å²) in [7, 11) is 1.29. The number of carbonyl (C=O) groups excluding carboxylic acids is 1. The number of ether oxygens (including phenoxy) is 1. The van der Waals surface area contributed by atoms with Crippen molar-refractivity contribution in [2.24, 2.45) is 0 Å². The van der Waals surface area contributed by atoms with E-state index in [4.69, 9.17) is 0 Å². The Balaban J connectivity index is 3.78. The van der Waals surface area contributed by atoms with Crippen LogP contribution in [0.3, 0.4) is 0 Å². The molecule has 0 bridgehead atoms. The highest BCUT2D eigenvalue weighted by Crippen LogP contribution is 2.15. The number of hydrogen-bond donors (Lipinski definition) is 1. The van der Waals surface area contributed by atoms with E-state index in [1.54, 1.807) is 0 Å². The average Bonchev–Trinajstić information content (AvgIpc) is 2.03. The molecule has 0 aromatic carbocycles. The van der Waals surface area contributed by atoms with E-state index < -0.39 is 11.6 Å². The van der Waals surface area contributed by atoms with Gasteiger partial charge in [-0.3, -0.25) is 0 Å². The molecule has 1 N–H and O–H groups in total. The van der Waals surface area contributed by atoms with Gasteiger partial charge in [-0.1, -0.05) is 19.8 Å². The van der Waals surface area contributed by atoms with Crippen molar-refractivity contribution in [1.82, 2.24) is 0 Å². The van der Waals surface area contributed by atoms with Crippen LogP contribution in [0.5, 0.6) is 0 Å². The maximum atomic E-state index is 11.0. The fourth-order valence-corrected chi connectivity index (χ4v) is 1.04. The van der Waals surface area contributed by atoms with E-state index in [2.05, 4.69) is 11.7 Å². The third kappa shape index (κ3) is 3.72. The Labute approximate surface area is 73.7 Å². The van der Waals surface area contributed by atoms with Gasteiger partial charge in [-0.15, -0.1) is 0 Å². The summed E-state index contributed by atoms with van der Waals surface area (Å²) in [5, 5.41) is 9.54. The van der Waals surface area contributed by atoms with E-state index in [0.29, 0.717) is 6.42 Å². The molecule has 12 heavy (non-hydrogen) atoms. The lowest BCUT2D eigenvalue weighted by molar-refractivity contribution is -0.161. The average molecular weight is 174 g/mol. The van der Waals surface area contributed by atoms with Gasteiger partial charge in [0.05, 0.1) is 7.11 Å². The largest absolute Gasteiger partial charge is 0.467 e. The molecule has 0 radical (unpaired) electrons. The fourth-order valence-electron chi connectivity index (χ4n) is 1.04. The van der Waals surface area contributed by atoms with Gasteiger partial charge in [0.1, 0.15) is 0 Å². The second-order valence-corrected chi connectivity index (χ2v) is 3.22. The highest BCUT2D eigenvalue weighted by atomic mass is 16.5. The van der Waals surface area contributed by atoms with E-state index in [1.165, 1.54) is 14.0 Å². The summed E-state index contributed by atoms with van der Waals surface area (Å²) in [4.78, 5) is 11.0. The molecule has 3 nitrogen and oxygen atoms in total. The quantitative estimate of drug-likeness (QED) is 0.507. The summed E-state index contributed by atoms with van der Waals surface area (Å²) in [5.74, 6) is -0.543. The minimum atomic E-state index is -1.30. The molecule has 1 atom stereocenters. The predicted octanol–water partition coefficient (Wildman–Crippen LogP) is 1.49. The number of methoxy groups -OCH3 is 1. The van der Waals surface area contributed by atoms with Crippen LogP contribution in [-0.4, -0.2) is 23.8 Å². The summed E-state index contributed by atoms with van der Waals surface area (Å²) in [6.07, 6.45) is 3.45. The number of rotatable bonds is 5. The number of esters is 1. The minimum Gasteiger partial charge on any atom is -0.467 e. The first-order valence-corrected chi connectivity index (χ1v) is 4.35. The third-order valence-electron chi connectivity index (χ3n) is 1.89. The maximum absolute atomic E-state index is 11.0. The Bertz CT molecular complexity index is 141. The first-order chi connectivity index (χ1) is 5.54. The summed E-state index contributed by atoms with van der Waals surface area (Å²) in [5.41, 5.74) is -1.30. The van der Waals surface area contributed by atoms with Gasteiger partial charge >= 0.3 is 5.97 Å². The number of aliphatic hydroxyl groups is 1. The van der Waals surface area contributed by atoms with Crippen molar-refractivity contribution in [2.75, 3.05) is 7.11 Å². The Morgan fingerprint density at radius 3 is 2.50 bits per heavy atom. The highest BCUT2D eigenvalue weighted by molar-refractivity contribution is 5.78. The highest BCUT2D eigenvalue weighted by Gasteiger charge is 2.30. The van der Waals surface area contributed by atoms with Gasteiger partial charge in [-0.25, -0.2) is 4.79 Å². The first kappa shape index (κ1) is 11.4. The van der Waals surface area contributed by atoms with Crippen molar-refractivity contribution in [3.63, 3.8) is 0 Å². The Morgan fingerprint density at radius 2 is 2.08 bits per heavy atom. The van der Waals surface area contributed by atoms with E-state index >= 15 is 0 Å². The van der Waals surface area contributed by atoms with Gasteiger partial charge in [-0.2, -0.15) is 0 Å². The van der Waals surface area contributed by atoms with Crippen molar-refractivity contribution in [1.29, 1.82) is 0 Å². The Morgan fingerprint density at radius 1 is 1.50 bits per heavy atom. The van der Waals surface area contributed by atoms with Gasteiger partial charge in [0.2, 0.25) is 0 Å². The smallest absolute Gasteiger partial charge is 0.337 e. The first-order valence-electron chi connectivity index (χ1n) is 4.35. The molecule has 0 rings (SSSR count). The SMILES string of the molecule is CCCCCC(C)(O)C(=O)OC. The maximum Gasteiger partial charge on any atom is 0.337 e. The van der Waals surface area contributed by atoms with E-state index in [9.17, 15) is 9.90 Å². The molecule has 0 aromatic heterocycles. The van der Waals surface area contributed by atoms with Gasteiger partial charge in [0, 0.05) is 0 Å². The zero-order chi connectivity index (χ0) is 9.61. The van der Waals surface area contributed by atoms with Crippen LogP contribution in [0.25, 0.3) is 0 Å². The van der Waals surface area contributed by atoms with Crippen LogP contribution < -0.4 is 0 Å². The lowest BCUT2D eigenvalue weighted by Gasteiger charge is -2.19. The topological polar surface area (TPSA) is 46.5 Å². The lowest BCUT2D eigenvalue weighted by atomic mass is 9.99. The van der Waals surface area contributed by atoms with Gasteiger partial charge in [0.25, 0.3) is 0 Å². The van der Waals surface area contributed by atoms with E-state index in [1.807, 2.05) is 0 Å². The summed E-state index contributed by atoms with van der Waals surface area (Å²) in [6, 6.07) is 0. The predicted molar refractivity (Wildman–Crippen MR) is 46.8 cm³/mol. The molecule has 0 saturated carbocycles. The van der Waals surface area contributed by atoms with Crippen molar-refractivity contribution in [3.8, 4) is 0 Å². The van der Waals surface area contributed by atoms with Crippen LogP contribution in [0.1, 0.15) is 39.5 Å². The van der Waals surface area contributed by atoms with Crippen LogP contribution in [0, 0.1) is 0 Å². The van der Waals surface area contributed by atoms with Crippen LogP contribution in [0.2, 0.25) is 0 Å². The normalized spacial score (nSPS) is 15.3. The van der Waals surface area contributed by atoms with Crippen molar-refractivity contribution < 1.29 is 14.6 Å². The Kier molecular flexibility index (Phi) is 4.90. The number of carbonyl (C=O) groups is 1. The van der Waals surface area contributed by atoms with Gasteiger partial charge in [0.15, 0.2) is 5.60 Å². The van der Waals surface area contributed by atoms with Crippen LogP contribution >= 0.6 is 0 Å². The molecule has 1 unspecified atom stereocenters. The van der Waals surface area contributed by atoms with E-state index in [-0.39, 0.29) is 0 Å². The molecule has 0 aliphatic heterocycles. The molecule has 0 saturated heterocycles. The molecule has 0 fully saturated rings. The minimum absolute atomic E-state index is 0.480. The van der Waals surface area contributed by atoms with E-state index in [0.717, 1.165) is 19.3 Å². The standard InChI is InChI=1S/C9H18O3/c1-4-5-6-7-9(2,11)8(10)12-3/h11H,4-7H2,1-3H3. The second kappa shape index (κ2) is 5.14. The van der Waals surface area contributed by atoms with Crippen molar-refractivity contribution in [2.45, 2.75) is 45.1 Å².